The third kappa shape index (κ3) is 1.79. The van der Waals surface area contributed by atoms with Gasteiger partial charge in [-0.1, -0.05) is 6.07 Å². The lowest BCUT2D eigenvalue weighted by Crippen LogP contribution is -2.33. The van der Waals surface area contributed by atoms with E-state index in [1.165, 1.54) is 12.1 Å². The fourth-order valence-corrected chi connectivity index (χ4v) is 2.04. The number of halogens is 2. The smallest absolute Gasteiger partial charge is 0.130 e. The predicted octanol–water partition coefficient (Wildman–Crippen LogP) is 2.54. The number of hydrogen-bond donors (Lipinski definition) is 0. The van der Waals surface area contributed by atoms with E-state index in [0.29, 0.717) is 26.1 Å². The Bertz CT molecular complexity index is 433. The second-order valence-electron chi connectivity index (χ2n) is 3.93. The van der Waals surface area contributed by atoms with E-state index in [1.54, 1.807) is 0 Å². The Morgan fingerprint density at radius 2 is 1.94 bits per heavy atom. The lowest BCUT2D eigenvalue weighted by atomic mass is 9.75. The van der Waals surface area contributed by atoms with Crippen molar-refractivity contribution < 1.29 is 13.5 Å². The molecular weight excluding hydrogens is 212 g/mol. The molecule has 0 unspecified atom stereocenters. The van der Waals surface area contributed by atoms with Crippen molar-refractivity contribution in [1.82, 2.24) is 0 Å². The molecule has 1 saturated heterocycles. The van der Waals surface area contributed by atoms with Gasteiger partial charge in [-0.2, -0.15) is 5.26 Å². The first-order chi connectivity index (χ1) is 7.68. The average Bonchev–Trinajstić information content (AvgIpc) is 2.30. The van der Waals surface area contributed by atoms with E-state index >= 15 is 0 Å². The first-order valence-electron chi connectivity index (χ1n) is 5.12. The van der Waals surface area contributed by atoms with Crippen molar-refractivity contribution in [2.24, 2.45) is 0 Å². The molecule has 84 valence electrons. The minimum atomic E-state index is -0.865. The van der Waals surface area contributed by atoms with Crippen LogP contribution in [0.1, 0.15) is 18.4 Å². The summed E-state index contributed by atoms with van der Waals surface area (Å²) in [6.45, 7) is 0.870. The van der Waals surface area contributed by atoms with Crippen LogP contribution < -0.4 is 0 Å². The van der Waals surface area contributed by atoms with E-state index < -0.39 is 17.0 Å². The fourth-order valence-electron chi connectivity index (χ4n) is 2.04. The van der Waals surface area contributed by atoms with Gasteiger partial charge in [-0.3, -0.25) is 0 Å². The molecule has 0 spiro atoms. The van der Waals surface area contributed by atoms with Crippen molar-refractivity contribution in [2.45, 2.75) is 18.3 Å². The summed E-state index contributed by atoms with van der Waals surface area (Å²) >= 11 is 0. The van der Waals surface area contributed by atoms with Crippen LogP contribution in [0.3, 0.4) is 0 Å². The van der Waals surface area contributed by atoms with Gasteiger partial charge in [-0.15, -0.1) is 0 Å². The van der Waals surface area contributed by atoms with E-state index in [0.717, 1.165) is 6.07 Å². The minimum absolute atomic E-state index is 0.278. The molecule has 1 fully saturated rings. The van der Waals surface area contributed by atoms with E-state index in [1.807, 2.05) is 0 Å². The van der Waals surface area contributed by atoms with Gasteiger partial charge in [0.1, 0.15) is 11.6 Å². The van der Waals surface area contributed by atoms with Crippen LogP contribution in [-0.4, -0.2) is 13.2 Å². The Morgan fingerprint density at radius 3 is 2.50 bits per heavy atom. The number of ether oxygens (including phenoxy) is 1. The highest BCUT2D eigenvalue weighted by Crippen LogP contribution is 2.35. The average molecular weight is 223 g/mol. The molecular formula is C12H11F2NO. The molecule has 1 aromatic rings. The van der Waals surface area contributed by atoms with E-state index in [4.69, 9.17) is 4.74 Å². The Kier molecular flexibility index (Phi) is 2.88. The molecule has 1 aromatic carbocycles. The third-order valence-electron chi connectivity index (χ3n) is 3.01. The summed E-state index contributed by atoms with van der Waals surface area (Å²) in [5, 5.41) is 9.22. The van der Waals surface area contributed by atoms with Crippen LogP contribution in [0.25, 0.3) is 0 Å². The highest BCUT2D eigenvalue weighted by Gasteiger charge is 2.36. The minimum Gasteiger partial charge on any atom is -0.381 e. The van der Waals surface area contributed by atoms with Crippen molar-refractivity contribution in [3.05, 3.63) is 35.4 Å². The van der Waals surface area contributed by atoms with Crippen molar-refractivity contribution in [2.75, 3.05) is 13.2 Å². The maximum absolute atomic E-state index is 13.6. The molecule has 0 amide bonds. The van der Waals surface area contributed by atoms with Crippen LogP contribution in [0, 0.1) is 23.0 Å². The van der Waals surface area contributed by atoms with Crippen molar-refractivity contribution in [1.29, 1.82) is 5.26 Å². The van der Waals surface area contributed by atoms with E-state index in [2.05, 4.69) is 6.07 Å². The number of hydrogen-bond acceptors (Lipinski definition) is 2. The van der Waals surface area contributed by atoms with Crippen molar-refractivity contribution in [3.8, 4) is 6.07 Å². The highest BCUT2D eigenvalue weighted by atomic mass is 19.1. The quantitative estimate of drug-likeness (QED) is 0.733. The topological polar surface area (TPSA) is 33.0 Å². The largest absolute Gasteiger partial charge is 0.381 e. The van der Waals surface area contributed by atoms with Gasteiger partial charge in [-0.25, -0.2) is 8.78 Å². The molecule has 0 atom stereocenters. The van der Waals surface area contributed by atoms with Crippen LogP contribution in [0.5, 0.6) is 0 Å². The number of benzene rings is 1. The van der Waals surface area contributed by atoms with Crippen LogP contribution in [0.15, 0.2) is 18.2 Å². The Hall–Kier alpha value is -1.47. The lowest BCUT2D eigenvalue weighted by Gasteiger charge is -2.31. The fraction of sp³-hybridized carbons (Fsp3) is 0.417. The Balaban J connectivity index is 2.44. The molecule has 1 aliphatic rings. The summed E-state index contributed by atoms with van der Waals surface area (Å²) in [6, 6.07) is 5.52. The van der Waals surface area contributed by atoms with Gasteiger partial charge in [0.05, 0.1) is 11.5 Å². The zero-order valence-corrected chi connectivity index (χ0v) is 8.67. The Morgan fingerprint density at radius 1 is 1.25 bits per heavy atom. The second-order valence-corrected chi connectivity index (χ2v) is 3.93. The maximum Gasteiger partial charge on any atom is 0.130 e. The van der Waals surface area contributed by atoms with Gasteiger partial charge in [0, 0.05) is 24.8 Å². The molecule has 4 heteroatoms. The first-order valence-corrected chi connectivity index (χ1v) is 5.12. The van der Waals surface area contributed by atoms with Gasteiger partial charge in [-0.05, 0) is 18.9 Å². The number of nitriles is 1. The zero-order valence-electron chi connectivity index (χ0n) is 8.67. The standard InChI is InChI=1S/C12H11F2NO/c13-9-1-2-10(11(14)7-9)12(8-15)3-5-16-6-4-12/h1-2,7H,3-6H2. The van der Waals surface area contributed by atoms with Gasteiger partial charge in [0.25, 0.3) is 0 Å². The Labute approximate surface area is 92.5 Å². The summed E-state index contributed by atoms with van der Waals surface area (Å²) in [5.74, 6) is -1.27. The van der Waals surface area contributed by atoms with Gasteiger partial charge in [0.2, 0.25) is 0 Å². The van der Waals surface area contributed by atoms with Gasteiger partial charge < -0.3 is 4.74 Å². The van der Waals surface area contributed by atoms with Crippen LogP contribution in [-0.2, 0) is 10.2 Å². The molecule has 0 aromatic heterocycles. The first kappa shape index (κ1) is 11.0. The van der Waals surface area contributed by atoms with Gasteiger partial charge >= 0.3 is 0 Å². The molecule has 0 radical (unpaired) electrons. The molecule has 0 aliphatic carbocycles. The van der Waals surface area contributed by atoms with Gasteiger partial charge in [0.15, 0.2) is 0 Å². The predicted molar refractivity (Wildman–Crippen MR) is 53.7 cm³/mol. The van der Waals surface area contributed by atoms with Crippen LogP contribution in [0.2, 0.25) is 0 Å². The molecule has 2 nitrogen and oxygen atoms in total. The third-order valence-corrected chi connectivity index (χ3v) is 3.01. The molecule has 0 saturated carbocycles. The van der Waals surface area contributed by atoms with Crippen LogP contribution >= 0.6 is 0 Å². The highest BCUT2D eigenvalue weighted by molar-refractivity contribution is 5.34. The van der Waals surface area contributed by atoms with E-state index in [-0.39, 0.29) is 5.56 Å². The summed E-state index contributed by atoms with van der Waals surface area (Å²) in [7, 11) is 0. The van der Waals surface area contributed by atoms with Crippen molar-refractivity contribution >= 4 is 0 Å². The van der Waals surface area contributed by atoms with Crippen LogP contribution in [0.4, 0.5) is 8.78 Å². The summed E-state index contributed by atoms with van der Waals surface area (Å²) in [4.78, 5) is 0. The number of rotatable bonds is 1. The number of nitrogens with zero attached hydrogens (tertiary/aromatic N) is 1. The molecule has 1 heterocycles. The van der Waals surface area contributed by atoms with Crippen molar-refractivity contribution in [3.63, 3.8) is 0 Å². The normalized spacial score (nSPS) is 19.1. The summed E-state index contributed by atoms with van der Waals surface area (Å²) < 4.78 is 31.6. The SMILES string of the molecule is N#CC1(c2ccc(F)cc2F)CCOCC1. The summed E-state index contributed by atoms with van der Waals surface area (Å²) in [6.07, 6.45) is 0.901. The zero-order chi connectivity index (χ0) is 11.6. The second kappa shape index (κ2) is 4.18. The maximum atomic E-state index is 13.6. The molecule has 1 aliphatic heterocycles. The molecule has 2 rings (SSSR count). The molecule has 0 bridgehead atoms. The summed E-state index contributed by atoms with van der Waals surface area (Å²) in [5.41, 5.74) is -0.588. The van der Waals surface area contributed by atoms with E-state index in [9.17, 15) is 14.0 Å². The monoisotopic (exact) mass is 223 g/mol. The molecule has 16 heavy (non-hydrogen) atoms. The molecule has 0 N–H and O–H groups in total. The lowest BCUT2D eigenvalue weighted by molar-refractivity contribution is 0.0665.